The zero-order chi connectivity index (χ0) is 20.8. The van der Waals surface area contributed by atoms with Crippen molar-refractivity contribution in [3.8, 4) is 17.0 Å². The van der Waals surface area contributed by atoms with Crippen molar-refractivity contribution < 1.29 is 9.90 Å². The SMILES string of the molecule is Cc1ccc(-c2nn3c4c2CCN(C(=O)c2ccc(Br)c(O)c2)C4CNCC3)cc1. The molecule has 0 fully saturated rings. The minimum atomic E-state index is -0.0822. The average molecular weight is 467 g/mol. The highest BCUT2D eigenvalue weighted by atomic mass is 79.9. The van der Waals surface area contributed by atoms with Crippen molar-refractivity contribution in [2.45, 2.75) is 25.9 Å². The first-order chi connectivity index (χ1) is 14.5. The quantitative estimate of drug-likeness (QED) is 0.604. The molecular weight excluding hydrogens is 444 g/mol. The van der Waals surface area contributed by atoms with Gasteiger partial charge in [-0.3, -0.25) is 9.48 Å². The van der Waals surface area contributed by atoms with Gasteiger partial charge in [0.15, 0.2) is 0 Å². The van der Waals surface area contributed by atoms with Crippen LogP contribution in [0, 0.1) is 6.92 Å². The summed E-state index contributed by atoms with van der Waals surface area (Å²) in [6.45, 7) is 5.01. The minimum Gasteiger partial charge on any atom is -0.507 e. The van der Waals surface area contributed by atoms with Gasteiger partial charge in [-0.15, -0.1) is 0 Å². The third-order valence-corrected chi connectivity index (χ3v) is 6.68. The third kappa shape index (κ3) is 3.22. The van der Waals surface area contributed by atoms with Crippen molar-refractivity contribution >= 4 is 21.8 Å². The molecule has 0 radical (unpaired) electrons. The van der Waals surface area contributed by atoms with Gasteiger partial charge in [-0.25, -0.2) is 0 Å². The van der Waals surface area contributed by atoms with Crippen LogP contribution < -0.4 is 5.32 Å². The Labute approximate surface area is 183 Å². The number of hydrogen-bond acceptors (Lipinski definition) is 4. The standard InChI is InChI=1S/C23H23BrN4O2/c1-14-2-4-15(5-3-14)21-17-8-10-27(19-13-25-9-11-28(26-21)22(17)19)23(30)16-6-7-18(24)20(29)12-16/h2-7,12,19,25,29H,8-11,13H2,1H3. The highest BCUT2D eigenvalue weighted by Gasteiger charge is 2.37. The number of rotatable bonds is 2. The fourth-order valence-electron chi connectivity index (χ4n) is 4.47. The van der Waals surface area contributed by atoms with Gasteiger partial charge in [0.25, 0.3) is 5.91 Å². The summed E-state index contributed by atoms with van der Waals surface area (Å²) in [5.41, 5.74) is 6.26. The largest absolute Gasteiger partial charge is 0.507 e. The van der Waals surface area contributed by atoms with Crippen LogP contribution in [-0.2, 0) is 13.0 Å². The molecule has 3 heterocycles. The monoisotopic (exact) mass is 466 g/mol. The van der Waals surface area contributed by atoms with Crippen molar-refractivity contribution in [2.24, 2.45) is 0 Å². The van der Waals surface area contributed by atoms with Crippen LogP contribution in [-0.4, -0.2) is 45.3 Å². The molecule has 0 saturated carbocycles. The molecule has 1 amide bonds. The van der Waals surface area contributed by atoms with E-state index in [9.17, 15) is 9.90 Å². The maximum Gasteiger partial charge on any atom is 0.254 e. The smallest absolute Gasteiger partial charge is 0.254 e. The topological polar surface area (TPSA) is 70.4 Å². The second-order valence-corrected chi connectivity index (χ2v) is 8.79. The number of phenolic OH excluding ortho intramolecular Hbond substituents is 1. The van der Waals surface area contributed by atoms with Gasteiger partial charge >= 0.3 is 0 Å². The molecule has 30 heavy (non-hydrogen) atoms. The number of aromatic hydroxyl groups is 1. The lowest BCUT2D eigenvalue weighted by atomic mass is 9.94. The van der Waals surface area contributed by atoms with Gasteiger partial charge in [0.2, 0.25) is 0 Å². The van der Waals surface area contributed by atoms with E-state index < -0.39 is 0 Å². The number of benzene rings is 2. The third-order valence-electron chi connectivity index (χ3n) is 6.01. The first-order valence-corrected chi connectivity index (χ1v) is 11.0. The summed E-state index contributed by atoms with van der Waals surface area (Å²) in [6.07, 6.45) is 0.767. The normalized spacial score (nSPS) is 18.1. The predicted molar refractivity (Wildman–Crippen MR) is 119 cm³/mol. The van der Waals surface area contributed by atoms with E-state index in [1.807, 2.05) is 4.90 Å². The molecule has 0 aliphatic carbocycles. The van der Waals surface area contributed by atoms with Crippen LogP contribution in [0.25, 0.3) is 11.3 Å². The van der Waals surface area contributed by atoms with Crippen LogP contribution in [0.15, 0.2) is 46.9 Å². The summed E-state index contributed by atoms with van der Waals surface area (Å²) < 4.78 is 2.66. The summed E-state index contributed by atoms with van der Waals surface area (Å²) >= 11 is 3.28. The van der Waals surface area contributed by atoms with Gasteiger partial charge in [-0.2, -0.15) is 5.10 Å². The molecule has 6 nitrogen and oxygen atoms in total. The molecule has 0 saturated heterocycles. The summed E-state index contributed by atoms with van der Waals surface area (Å²) in [5.74, 6) is 0.00558. The summed E-state index contributed by atoms with van der Waals surface area (Å²) in [7, 11) is 0. The number of halogens is 1. The summed E-state index contributed by atoms with van der Waals surface area (Å²) in [5, 5.41) is 18.4. The molecule has 1 unspecified atom stereocenters. The zero-order valence-corrected chi connectivity index (χ0v) is 18.3. The van der Waals surface area contributed by atoms with Gasteiger partial charge in [-0.05, 0) is 47.5 Å². The lowest BCUT2D eigenvalue weighted by molar-refractivity contribution is 0.0655. The summed E-state index contributed by atoms with van der Waals surface area (Å²) in [4.78, 5) is 15.3. The van der Waals surface area contributed by atoms with Crippen molar-refractivity contribution in [2.75, 3.05) is 19.6 Å². The van der Waals surface area contributed by atoms with Crippen LogP contribution in [0.3, 0.4) is 0 Å². The number of nitrogens with one attached hydrogen (secondary N) is 1. The van der Waals surface area contributed by atoms with Gasteiger partial charge in [0, 0.05) is 36.3 Å². The average Bonchev–Trinajstić information content (AvgIpc) is 2.98. The lowest BCUT2D eigenvalue weighted by Crippen LogP contribution is -2.43. The molecule has 5 rings (SSSR count). The van der Waals surface area contributed by atoms with E-state index in [4.69, 9.17) is 5.10 Å². The molecule has 2 aliphatic rings. The molecule has 3 aromatic rings. The van der Waals surface area contributed by atoms with Gasteiger partial charge in [0.05, 0.1) is 28.4 Å². The molecule has 2 N–H and O–H groups in total. The van der Waals surface area contributed by atoms with Gasteiger partial charge in [0.1, 0.15) is 5.75 Å². The van der Waals surface area contributed by atoms with Crippen LogP contribution in [0.4, 0.5) is 0 Å². The number of hydrogen-bond donors (Lipinski definition) is 2. The van der Waals surface area contributed by atoms with Crippen molar-refractivity contribution in [1.29, 1.82) is 0 Å². The fourth-order valence-corrected chi connectivity index (χ4v) is 4.71. The molecule has 0 spiro atoms. The molecule has 7 heteroatoms. The van der Waals surface area contributed by atoms with E-state index in [1.165, 1.54) is 17.2 Å². The molecule has 2 aliphatic heterocycles. The number of nitrogens with zero attached hydrogens (tertiary/aromatic N) is 3. The minimum absolute atomic E-state index is 0.0678. The highest BCUT2D eigenvalue weighted by molar-refractivity contribution is 9.10. The highest BCUT2D eigenvalue weighted by Crippen LogP contribution is 2.37. The van der Waals surface area contributed by atoms with E-state index in [0.717, 1.165) is 36.5 Å². The predicted octanol–water partition coefficient (Wildman–Crippen LogP) is 3.67. The van der Waals surface area contributed by atoms with Crippen LogP contribution >= 0.6 is 15.9 Å². The van der Waals surface area contributed by atoms with E-state index in [2.05, 4.69) is 57.1 Å². The zero-order valence-electron chi connectivity index (χ0n) is 16.7. The second-order valence-electron chi connectivity index (χ2n) is 7.94. The molecule has 0 bridgehead atoms. The molecule has 1 atom stereocenters. The number of carbonyl (C=O) groups excluding carboxylic acids is 1. The molecular formula is C23H23BrN4O2. The van der Waals surface area contributed by atoms with E-state index in [1.54, 1.807) is 12.1 Å². The fraction of sp³-hybridized carbons (Fsp3) is 0.304. The number of aromatic nitrogens is 2. The maximum absolute atomic E-state index is 13.3. The van der Waals surface area contributed by atoms with Crippen LogP contribution in [0.1, 0.15) is 33.2 Å². The molecule has 154 valence electrons. The summed E-state index contributed by atoms with van der Waals surface area (Å²) in [6, 6.07) is 13.4. The Morgan fingerprint density at radius 2 is 2.00 bits per heavy atom. The van der Waals surface area contributed by atoms with Gasteiger partial charge in [-0.1, -0.05) is 29.8 Å². The maximum atomic E-state index is 13.3. The second kappa shape index (κ2) is 7.56. The van der Waals surface area contributed by atoms with Gasteiger partial charge < -0.3 is 15.3 Å². The number of carbonyl (C=O) groups is 1. The first kappa shape index (κ1) is 19.3. The lowest BCUT2D eigenvalue weighted by Gasteiger charge is -2.36. The first-order valence-electron chi connectivity index (χ1n) is 10.2. The number of phenols is 1. The molecule has 2 aromatic carbocycles. The van der Waals surface area contributed by atoms with E-state index in [-0.39, 0.29) is 17.7 Å². The van der Waals surface area contributed by atoms with Crippen LogP contribution in [0.5, 0.6) is 5.75 Å². The Bertz CT molecular complexity index is 1120. The Morgan fingerprint density at radius 1 is 1.20 bits per heavy atom. The molecule has 1 aromatic heterocycles. The Balaban J connectivity index is 1.55. The Hall–Kier alpha value is -2.64. The van der Waals surface area contributed by atoms with Crippen LogP contribution in [0.2, 0.25) is 0 Å². The van der Waals surface area contributed by atoms with Crippen molar-refractivity contribution in [1.82, 2.24) is 20.0 Å². The van der Waals surface area contributed by atoms with Crippen molar-refractivity contribution in [3.05, 3.63) is 69.3 Å². The number of amides is 1. The van der Waals surface area contributed by atoms with E-state index >= 15 is 0 Å². The van der Waals surface area contributed by atoms with E-state index in [0.29, 0.717) is 23.1 Å². The number of aryl methyl sites for hydroxylation is 1. The Morgan fingerprint density at radius 3 is 2.77 bits per heavy atom. The van der Waals surface area contributed by atoms with Crippen molar-refractivity contribution in [3.63, 3.8) is 0 Å². The Kier molecular flexibility index (Phi) is 4.87.